The molecule has 4 rings (SSSR count). The molecule has 1 aromatic heterocycles. The van der Waals surface area contributed by atoms with Gasteiger partial charge in [-0.15, -0.1) is 0 Å². The van der Waals surface area contributed by atoms with Crippen molar-refractivity contribution in [3.05, 3.63) is 66.0 Å². The second-order valence-electron chi connectivity index (χ2n) is 8.65. The maximum Gasteiger partial charge on any atom is 0.237 e. The van der Waals surface area contributed by atoms with Gasteiger partial charge in [0.25, 0.3) is 0 Å². The van der Waals surface area contributed by atoms with Crippen molar-refractivity contribution >= 4 is 11.8 Å². The fourth-order valence-corrected chi connectivity index (χ4v) is 4.59. The fraction of sp³-hybridized carbons (Fsp3) is 0.480. The number of nitrogens with zero attached hydrogens (tertiary/aromatic N) is 4. The highest BCUT2D eigenvalue weighted by Gasteiger charge is 2.33. The maximum absolute atomic E-state index is 13.1. The molecule has 0 radical (unpaired) electrons. The smallest absolute Gasteiger partial charge is 0.237 e. The Hall–Kier alpha value is -2.77. The largest absolute Gasteiger partial charge is 0.353 e. The van der Waals surface area contributed by atoms with Gasteiger partial charge in [-0.1, -0.05) is 36.4 Å². The summed E-state index contributed by atoms with van der Waals surface area (Å²) >= 11 is 0. The van der Waals surface area contributed by atoms with Crippen LogP contribution >= 0.6 is 0 Å². The van der Waals surface area contributed by atoms with E-state index in [1.165, 1.54) is 11.1 Å². The Bertz CT molecular complexity index is 876. The van der Waals surface area contributed by atoms with E-state index in [0.29, 0.717) is 13.1 Å². The lowest BCUT2D eigenvalue weighted by atomic mass is 10.1. The number of aromatic nitrogens is 1. The Morgan fingerprint density at radius 3 is 2.66 bits per heavy atom. The summed E-state index contributed by atoms with van der Waals surface area (Å²) in [6, 6.07) is 14.0. The van der Waals surface area contributed by atoms with E-state index >= 15 is 0 Å². The van der Waals surface area contributed by atoms with Crippen molar-refractivity contribution in [3.63, 3.8) is 0 Å². The molecule has 1 atom stereocenters. The Labute approximate surface area is 190 Å². The molecule has 2 amide bonds. The minimum absolute atomic E-state index is 0.0225. The summed E-state index contributed by atoms with van der Waals surface area (Å²) in [7, 11) is 0. The highest BCUT2D eigenvalue weighted by Crippen LogP contribution is 2.15. The molecule has 32 heavy (non-hydrogen) atoms. The van der Waals surface area contributed by atoms with Gasteiger partial charge in [-0.2, -0.15) is 0 Å². The Balaban J connectivity index is 1.31. The van der Waals surface area contributed by atoms with E-state index in [9.17, 15) is 9.59 Å². The van der Waals surface area contributed by atoms with E-state index in [0.717, 1.165) is 52.1 Å². The van der Waals surface area contributed by atoms with Gasteiger partial charge in [0.15, 0.2) is 0 Å². The van der Waals surface area contributed by atoms with Gasteiger partial charge in [-0.25, -0.2) is 0 Å². The third-order valence-electron chi connectivity index (χ3n) is 6.41. The lowest BCUT2D eigenvalue weighted by molar-refractivity contribution is -0.138. The predicted molar refractivity (Wildman–Crippen MR) is 124 cm³/mol. The van der Waals surface area contributed by atoms with Crippen LogP contribution in [0.4, 0.5) is 0 Å². The van der Waals surface area contributed by atoms with E-state index < -0.39 is 0 Å². The number of pyridine rings is 1. The van der Waals surface area contributed by atoms with Crippen LogP contribution in [0.25, 0.3) is 0 Å². The van der Waals surface area contributed by atoms with Crippen LogP contribution in [0.1, 0.15) is 24.0 Å². The number of hydrogen-bond acceptors (Lipinski definition) is 5. The van der Waals surface area contributed by atoms with E-state index in [1.807, 2.05) is 35.4 Å². The van der Waals surface area contributed by atoms with Crippen molar-refractivity contribution in [3.8, 4) is 0 Å². The van der Waals surface area contributed by atoms with E-state index in [-0.39, 0.29) is 24.3 Å². The number of rotatable bonds is 7. The molecule has 7 nitrogen and oxygen atoms in total. The van der Waals surface area contributed by atoms with Gasteiger partial charge in [0.05, 0.1) is 12.5 Å². The number of hydrogen-bond donors (Lipinski definition) is 1. The molecule has 2 fully saturated rings. The van der Waals surface area contributed by atoms with Crippen LogP contribution in [0.3, 0.4) is 0 Å². The summed E-state index contributed by atoms with van der Waals surface area (Å²) in [6.45, 7) is 6.34. The minimum atomic E-state index is -0.380. The van der Waals surface area contributed by atoms with Crippen molar-refractivity contribution in [1.29, 1.82) is 0 Å². The number of amides is 2. The molecule has 1 unspecified atom stereocenters. The Kier molecular flexibility index (Phi) is 7.85. The zero-order chi connectivity index (χ0) is 22.2. The predicted octanol–water partition coefficient (Wildman–Crippen LogP) is 1.55. The van der Waals surface area contributed by atoms with Gasteiger partial charge >= 0.3 is 0 Å². The van der Waals surface area contributed by atoms with Gasteiger partial charge in [-0.3, -0.25) is 24.4 Å². The molecule has 0 bridgehead atoms. The molecule has 7 heteroatoms. The third kappa shape index (κ3) is 6.14. The summed E-state index contributed by atoms with van der Waals surface area (Å²) in [5, 5.41) is 2.95. The molecule has 170 valence electrons. The average Bonchev–Trinajstić information content (AvgIpc) is 3.06. The third-order valence-corrected chi connectivity index (χ3v) is 6.41. The van der Waals surface area contributed by atoms with Crippen LogP contribution < -0.4 is 5.32 Å². The van der Waals surface area contributed by atoms with Crippen molar-refractivity contribution in [2.45, 2.75) is 31.8 Å². The number of carbonyl (C=O) groups is 2. The molecular weight excluding hydrogens is 402 g/mol. The van der Waals surface area contributed by atoms with Crippen molar-refractivity contribution in [2.75, 3.05) is 45.8 Å². The summed E-state index contributed by atoms with van der Waals surface area (Å²) < 4.78 is 0. The Morgan fingerprint density at radius 2 is 1.84 bits per heavy atom. The second kappa shape index (κ2) is 11.2. The lowest BCUT2D eigenvalue weighted by Crippen LogP contribution is -2.57. The summed E-state index contributed by atoms with van der Waals surface area (Å²) in [5.74, 6) is 0.0608. The van der Waals surface area contributed by atoms with Crippen LogP contribution in [0.2, 0.25) is 0 Å². The lowest BCUT2D eigenvalue weighted by Gasteiger charge is -2.35. The number of carbonyl (C=O) groups excluding carboxylic acids is 2. The SMILES string of the molecule is O=C1NCCN(CCc2ccccc2)C1CC(=O)N1CCCN(Cc2cccnc2)CC1. The first-order chi connectivity index (χ1) is 15.7. The zero-order valence-corrected chi connectivity index (χ0v) is 18.7. The van der Waals surface area contributed by atoms with Crippen LogP contribution in [-0.4, -0.2) is 83.4 Å². The van der Waals surface area contributed by atoms with Gasteiger partial charge < -0.3 is 10.2 Å². The summed E-state index contributed by atoms with van der Waals surface area (Å²) in [6.07, 6.45) is 5.77. The van der Waals surface area contributed by atoms with E-state index in [1.54, 1.807) is 6.20 Å². The summed E-state index contributed by atoms with van der Waals surface area (Å²) in [5.41, 5.74) is 2.45. The standard InChI is InChI=1S/C25H33N5O2/c31-24(30-13-5-12-28(16-17-30)20-22-8-4-10-26-19-22)18-23-25(32)27-11-15-29(23)14-9-21-6-2-1-3-7-21/h1-4,6-8,10,19,23H,5,9,11-18,20H2,(H,27,32). The molecule has 2 aliphatic heterocycles. The topological polar surface area (TPSA) is 68.8 Å². The number of nitrogens with one attached hydrogen (secondary N) is 1. The molecule has 0 saturated carbocycles. The molecule has 1 aromatic carbocycles. The molecular formula is C25H33N5O2. The van der Waals surface area contributed by atoms with Gasteiger partial charge in [0, 0.05) is 64.8 Å². The van der Waals surface area contributed by atoms with Crippen LogP contribution in [0.5, 0.6) is 0 Å². The highest BCUT2D eigenvalue weighted by molar-refractivity contribution is 5.88. The first-order valence-electron chi connectivity index (χ1n) is 11.6. The number of piperazine rings is 1. The van der Waals surface area contributed by atoms with Crippen LogP contribution in [-0.2, 0) is 22.6 Å². The van der Waals surface area contributed by atoms with Gasteiger partial charge in [-0.05, 0) is 30.0 Å². The van der Waals surface area contributed by atoms with E-state index in [2.05, 4.69) is 38.3 Å². The van der Waals surface area contributed by atoms with Crippen molar-refractivity contribution < 1.29 is 9.59 Å². The number of benzene rings is 1. The van der Waals surface area contributed by atoms with Crippen molar-refractivity contribution in [2.24, 2.45) is 0 Å². The quantitative estimate of drug-likeness (QED) is 0.715. The van der Waals surface area contributed by atoms with Gasteiger partial charge in [0.1, 0.15) is 0 Å². The second-order valence-corrected chi connectivity index (χ2v) is 8.65. The highest BCUT2D eigenvalue weighted by atomic mass is 16.2. The van der Waals surface area contributed by atoms with Crippen molar-refractivity contribution in [1.82, 2.24) is 25.0 Å². The molecule has 2 aliphatic rings. The Morgan fingerprint density at radius 1 is 1.00 bits per heavy atom. The zero-order valence-electron chi connectivity index (χ0n) is 18.7. The molecule has 2 saturated heterocycles. The first-order valence-corrected chi connectivity index (χ1v) is 11.6. The normalized spacial score (nSPS) is 20.6. The monoisotopic (exact) mass is 435 g/mol. The molecule has 0 aliphatic carbocycles. The maximum atomic E-state index is 13.1. The minimum Gasteiger partial charge on any atom is -0.353 e. The average molecular weight is 436 g/mol. The fourth-order valence-electron chi connectivity index (χ4n) is 4.59. The van der Waals surface area contributed by atoms with Gasteiger partial charge in [0.2, 0.25) is 11.8 Å². The molecule has 0 spiro atoms. The first kappa shape index (κ1) is 22.4. The molecule has 1 N–H and O–H groups in total. The van der Waals surface area contributed by atoms with Crippen LogP contribution in [0, 0.1) is 0 Å². The molecule has 2 aromatic rings. The summed E-state index contributed by atoms with van der Waals surface area (Å²) in [4.78, 5) is 36.5. The van der Waals surface area contributed by atoms with Crippen LogP contribution in [0.15, 0.2) is 54.9 Å². The molecule has 3 heterocycles. The van der Waals surface area contributed by atoms with E-state index in [4.69, 9.17) is 0 Å².